The highest BCUT2D eigenvalue weighted by Gasteiger charge is 2.12. The van der Waals surface area contributed by atoms with E-state index in [1.165, 1.54) is 12.7 Å². The van der Waals surface area contributed by atoms with Crippen molar-refractivity contribution in [1.29, 1.82) is 0 Å². The number of thioether (sulfide) groups is 1. The molecule has 1 aromatic rings. The van der Waals surface area contributed by atoms with Crippen molar-refractivity contribution in [2.24, 2.45) is 5.73 Å². The van der Waals surface area contributed by atoms with Crippen molar-refractivity contribution in [2.45, 2.75) is 25.8 Å². The maximum absolute atomic E-state index is 11.1. The SMILES string of the molecule is COC(=O)C(N)CCSCCCOc1cccc(C)c1. The molecule has 1 unspecified atom stereocenters. The summed E-state index contributed by atoms with van der Waals surface area (Å²) in [4.78, 5) is 11.1. The highest BCUT2D eigenvalue weighted by Crippen LogP contribution is 2.13. The van der Waals surface area contributed by atoms with Crippen molar-refractivity contribution < 1.29 is 14.3 Å². The number of ether oxygens (including phenoxy) is 2. The first-order valence-corrected chi connectivity index (χ1v) is 7.89. The number of hydrogen-bond acceptors (Lipinski definition) is 5. The molecule has 0 saturated heterocycles. The molecule has 0 bridgehead atoms. The number of rotatable bonds is 9. The summed E-state index contributed by atoms with van der Waals surface area (Å²) >= 11 is 1.78. The van der Waals surface area contributed by atoms with Crippen LogP contribution in [-0.2, 0) is 9.53 Å². The molecule has 5 heteroatoms. The third-order valence-electron chi connectivity index (χ3n) is 2.77. The van der Waals surface area contributed by atoms with Crippen molar-refractivity contribution in [3.8, 4) is 5.75 Å². The summed E-state index contributed by atoms with van der Waals surface area (Å²) in [5, 5.41) is 0. The van der Waals surface area contributed by atoms with Crippen LogP contribution in [0.25, 0.3) is 0 Å². The van der Waals surface area contributed by atoms with Gasteiger partial charge in [0.2, 0.25) is 0 Å². The quantitative estimate of drug-likeness (QED) is 0.560. The van der Waals surface area contributed by atoms with Gasteiger partial charge in [0.05, 0.1) is 13.7 Å². The Balaban J connectivity index is 2.01. The molecule has 0 aliphatic heterocycles. The van der Waals surface area contributed by atoms with Crippen LogP contribution in [0.5, 0.6) is 5.75 Å². The number of benzene rings is 1. The fourth-order valence-electron chi connectivity index (χ4n) is 1.64. The maximum Gasteiger partial charge on any atom is 0.322 e. The predicted molar refractivity (Wildman–Crippen MR) is 83.2 cm³/mol. The molecular formula is C15H23NO3S. The third kappa shape index (κ3) is 6.82. The van der Waals surface area contributed by atoms with Crippen LogP contribution in [0.2, 0.25) is 0 Å². The average molecular weight is 297 g/mol. The molecule has 1 atom stereocenters. The van der Waals surface area contributed by atoms with Gasteiger partial charge in [-0.25, -0.2) is 0 Å². The van der Waals surface area contributed by atoms with E-state index in [-0.39, 0.29) is 5.97 Å². The zero-order valence-corrected chi connectivity index (χ0v) is 12.9. The van der Waals surface area contributed by atoms with E-state index in [0.717, 1.165) is 23.7 Å². The predicted octanol–water partition coefficient (Wildman–Crippen LogP) is 2.39. The van der Waals surface area contributed by atoms with Gasteiger partial charge < -0.3 is 15.2 Å². The van der Waals surface area contributed by atoms with E-state index in [1.807, 2.05) is 31.2 Å². The molecule has 112 valence electrons. The van der Waals surface area contributed by atoms with Gasteiger partial charge in [-0.15, -0.1) is 0 Å². The van der Waals surface area contributed by atoms with Gasteiger partial charge in [-0.1, -0.05) is 12.1 Å². The fraction of sp³-hybridized carbons (Fsp3) is 0.533. The lowest BCUT2D eigenvalue weighted by molar-refractivity contribution is -0.142. The van der Waals surface area contributed by atoms with Crippen molar-refractivity contribution in [1.82, 2.24) is 0 Å². The molecular weight excluding hydrogens is 274 g/mol. The number of methoxy groups -OCH3 is 1. The zero-order chi connectivity index (χ0) is 14.8. The number of carbonyl (C=O) groups is 1. The lowest BCUT2D eigenvalue weighted by Crippen LogP contribution is -2.32. The summed E-state index contributed by atoms with van der Waals surface area (Å²) in [6, 6.07) is 7.54. The molecule has 4 nitrogen and oxygen atoms in total. The molecule has 0 amide bonds. The summed E-state index contributed by atoms with van der Waals surface area (Å²) in [5.41, 5.74) is 6.85. The van der Waals surface area contributed by atoms with E-state index >= 15 is 0 Å². The normalized spacial score (nSPS) is 11.9. The maximum atomic E-state index is 11.1. The zero-order valence-electron chi connectivity index (χ0n) is 12.1. The van der Waals surface area contributed by atoms with Gasteiger partial charge in [0.15, 0.2) is 0 Å². The summed E-state index contributed by atoms with van der Waals surface area (Å²) in [7, 11) is 1.36. The lowest BCUT2D eigenvalue weighted by Gasteiger charge is -2.09. The molecule has 0 aromatic heterocycles. The molecule has 1 rings (SSSR count). The van der Waals surface area contributed by atoms with E-state index in [4.69, 9.17) is 10.5 Å². The number of nitrogens with two attached hydrogens (primary N) is 1. The van der Waals surface area contributed by atoms with Gasteiger partial charge in [-0.3, -0.25) is 4.79 Å². The number of esters is 1. The topological polar surface area (TPSA) is 61.5 Å². The van der Waals surface area contributed by atoms with Crippen LogP contribution in [0.4, 0.5) is 0 Å². The summed E-state index contributed by atoms with van der Waals surface area (Å²) in [6.07, 6.45) is 1.63. The molecule has 0 saturated carbocycles. The molecule has 0 aliphatic rings. The van der Waals surface area contributed by atoms with E-state index < -0.39 is 6.04 Å². The minimum Gasteiger partial charge on any atom is -0.494 e. The lowest BCUT2D eigenvalue weighted by atomic mass is 10.2. The second-order valence-corrected chi connectivity index (χ2v) is 5.77. The van der Waals surface area contributed by atoms with Gasteiger partial charge in [-0.05, 0) is 49.0 Å². The minimum absolute atomic E-state index is 0.339. The van der Waals surface area contributed by atoms with Gasteiger partial charge >= 0.3 is 5.97 Å². The number of hydrogen-bond donors (Lipinski definition) is 1. The third-order valence-corrected chi connectivity index (χ3v) is 3.87. The second-order valence-electron chi connectivity index (χ2n) is 4.55. The summed E-state index contributed by atoms with van der Waals surface area (Å²) in [5.74, 6) is 2.44. The van der Waals surface area contributed by atoms with E-state index in [2.05, 4.69) is 4.74 Å². The van der Waals surface area contributed by atoms with E-state index in [0.29, 0.717) is 13.0 Å². The molecule has 1 aromatic carbocycles. The van der Waals surface area contributed by atoms with Gasteiger partial charge in [0, 0.05) is 0 Å². The minimum atomic E-state index is -0.504. The number of carbonyl (C=O) groups excluding carboxylic acids is 1. The molecule has 0 radical (unpaired) electrons. The van der Waals surface area contributed by atoms with Crippen LogP contribution >= 0.6 is 11.8 Å². The first-order chi connectivity index (χ1) is 9.63. The number of aryl methyl sites for hydroxylation is 1. The van der Waals surface area contributed by atoms with E-state index in [9.17, 15) is 4.79 Å². The summed E-state index contributed by atoms with van der Waals surface area (Å²) < 4.78 is 10.2. The molecule has 0 heterocycles. The van der Waals surface area contributed by atoms with Crippen LogP contribution < -0.4 is 10.5 Å². The van der Waals surface area contributed by atoms with Crippen LogP contribution in [0, 0.1) is 6.92 Å². The Bertz CT molecular complexity index is 412. The smallest absolute Gasteiger partial charge is 0.322 e. The van der Waals surface area contributed by atoms with Crippen LogP contribution in [0.3, 0.4) is 0 Å². The monoisotopic (exact) mass is 297 g/mol. The first kappa shape index (κ1) is 16.9. The Morgan fingerprint density at radius 2 is 2.20 bits per heavy atom. The Labute approximate surface area is 125 Å². The Morgan fingerprint density at radius 1 is 1.40 bits per heavy atom. The highest BCUT2D eigenvalue weighted by molar-refractivity contribution is 7.99. The van der Waals surface area contributed by atoms with Gasteiger partial charge in [0.1, 0.15) is 11.8 Å². The standard InChI is InChI=1S/C15H23NO3S/c1-12-5-3-6-13(11-12)19-8-4-9-20-10-7-14(16)15(17)18-2/h3,5-6,11,14H,4,7-10,16H2,1-2H3. The highest BCUT2D eigenvalue weighted by atomic mass is 32.2. The van der Waals surface area contributed by atoms with Crippen molar-refractivity contribution in [3.05, 3.63) is 29.8 Å². The Hall–Kier alpha value is -1.20. The molecule has 20 heavy (non-hydrogen) atoms. The van der Waals surface area contributed by atoms with Crippen LogP contribution in [0.1, 0.15) is 18.4 Å². The fourth-order valence-corrected chi connectivity index (χ4v) is 2.58. The molecule has 0 aliphatic carbocycles. The van der Waals surface area contributed by atoms with Crippen molar-refractivity contribution in [2.75, 3.05) is 25.2 Å². The Morgan fingerprint density at radius 3 is 2.90 bits per heavy atom. The van der Waals surface area contributed by atoms with Gasteiger partial charge in [-0.2, -0.15) is 11.8 Å². The molecule has 0 fully saturated rings. The molecule has 0 spiro atoms. The van der Waals surface area contributed by atoms with Gasteiger partial charge in [0.25, 0.3) is 0 Å². The first-order valence-electron chi connectivity index (χ1n) is 6.74. The Kier molecular flexibility index (Phi) is 8.14. The van der Waals surface area contributed by atoms with Crippen molar-refractivity contribution in [3.63, 3.8) is 0 Å². The average Bonchev–Trinajstić information content (AvgIpc) is 2.45. The second kappa shape index (κ2) is 9.66. The molecule has 2 N–H and O–H groups in total. The summed E-state index contributed by atoms with van der Waals surface area (Å²) in [6.45, 7) is 2.76. The van der Waals surface area contributed by atoms with Crippen LogP contribution in [-0.4, -0.2) is 37.2 Å². The van der Waals surface area contributed by atoms with Crippen LogP contribution in [0.15, 0.2) is 24.3 Å². The largest absolute Gasteiger partial charge is 0.494 e. The van der Waals surface area contributed by atoms with Crippen molar-refractivity contribution >= 4 is 17.7 Å². The van der Waals surface area contributed by atoms with E-state index in [1.54, 1.807) is 11.8 Å².